The highest BCUT2D eigenvalue weighted by Crippen LogP contribution is 2.24. The average molecular weight is 463 g/mol. The normalized spacial score (nSPS) is 14.8. The summed E-state index contributed by atoms with van der Waals surface area (Å²) in [6.45, 7) is 12.1. The molecule has 1 aliphatic rings. The summed E-state index contributed by atoms with van der Waals surface area (Å²) in [4.78, 5) is 15.7. The molecular weight excluding hydrogens is 428 g/mol. The fourth-order valence-corrected chi connectivity index (χ4v) is 3.77. The predicted octanol–water partition coefficient (Wildman–Crippen LogP) is 3.52. The van der Waals surface area contributed by atoms with Crippen molar-refractivity contribution in [1.82, 2.24) is 25.3 Å². The van der Waals surface area contributed by atoms with Gasteiger partial charge in [0.15, 0.2) is 5.76 Å². The molecule has 2 aromatic heterocycles. The summed E-state index contributed by atoms with van der Waals surface area (Å²) in [5.41, 5.74) is 8.41. The number of oxazole rings is 1. The zero-order valence-electron chi connectivity index (χ0n) is 20.4. The summed E-state index contributed by atoms with van der Waals surface area (Å²) in [5, 5.41) is 9.58. The standard InChI is InChI=1S/C25H34N8O/c1-17(2)19-6-5-7-20(14-19)21-15-28-23(34-21)16-29-25(26)31-33-12-10-32(11-13-33)22-8-9-27-24(30-22)18(3)4/h5-9,14-15,17-18H,10-13,16H2,1-4H3,(H3,26,29,31). The number of rotatable bonds is 7. The Morgan fingerprint density at radius 2 is 1.88 bits per heavy atom. The van der Waals surface area contributed by atoms with E-state index in [2.05, 4.69) is 70.1 Å². The van der Waals surface area contributed by atoms with Gasteiger partial charge in [-0.15, -0.1) is 5.10 Å². The molecule has 0 atom stereocenters. The number of hydrazone groups is 1. The number of benzene rings is 1. The van der Waals surface area contributed by atoms with Crippen molar-refractivity contribution >= 4 is 11.8 Å². The van der Waals surface area contributed by atoms with E-state index in [9.17, 15) is 0 Å². The number of guanidine groups is 1. The lowest BCUT2D eigenvalue weighted by atomic mass is 10.0. The van der Waals surface area contributed by atoms with Crippen LogP contribution in [0.25, 0.3) is 11.3 Å². The van der Waals surface area contributed by atoms with Crippen molar-refractivity contribution in [3.05, 3.63) is 60.0 Å². The van der Waals surface area contributed by atoms with Crippen LogP contribution in [0, 0.1) is 0 Å². The smallest absolute Gasteiger partial charge is 0.214 e. The molecule has 3 N–H and O–H groups in total. The topological polar surface area (TPSA) is 109 Å². The second-order valence-electron chi connectivity index (χ2n) is 9.11. The first-order valence-electron chi connectivity index (χ1n) is 11.8. The summed E-state index contributed by atoms with van der Waals surface area (Å²) >= 11 is 0. The third kappa shape index (κ3) is 5.84. The van der Waals surface area contributed by atoms with Gasteiger partial charge >= 0.3 is 0 Å². The van der Waals surface area contributed by atoms with Gasteiger partial charge in [-0.2, -0.15) is 0 Å². The van der Waals surface area contributed by atoms with E-state index in [0.717, 1.165) is 49.1 Å². The van der Waals surface area contributed by atoms with Crippen LogP contribution in [0.4, 0.5) is 5.82 Å². The molecular formula is C25H34N8O. The minimum atomic E-state index is 0.307. The minimum absolute atomic E-state index is 0.307. The highest BCUT2D eigenvalue weighted by atomic mass is 16.4. The number of nitrogens with one attached hydrogen (secondary N) is 1. The third-order valence-electron chi connectivity index (χ3n) is 5.82. The number of hydrogen-bond donors (Lipinski definition) is 2. The van der Waals surface area contributed by atoms with Crippen molar-refractivity contribution in [3.63, 3.8) is 0 Å². The van der Waals surface area contributed by atoms with Gasteiger partial charge in [-0.25, -0.2) is 15.0 Å². The fraction of sp³-hybridized carbons (Fsp3) is 0.440. The summed E-state index contributed by atoms with van der Waals surface area (Å²) in [5.74, 6) is 4.26. The maximum Gasteiger partial charge on any atom is 0.214 e. The largest absolute Gasteiger partial charge is 0.439 e. The van der Waals surface area contributed by atoms with Crippen LogP contribution in [0.2, 0.25) is 0 Å². The summed E-state index contributed by atoms with van der Waals surface area (Å²) in [6, 6.07) is 10.3. The number of anilines is 1. The Morgan fingerprint density at radius 1 is 1.09 bits per heavy atom. The molecule has 0 aliphatic carbocycles. The van der Waals surface area contributed by atoms with Crippen LogP contribution in [0.5, 0.6) is 0 Å². The van der Waals surface area contributed by atoms with Crippen molar-refractivity contribution in [2.45, 2.75) is 46.1 Å². The van der Waals surface area contributed by atoms with Gasteiger partial charge < -0.3 is 20.4 Å². The second-order valence-corrected chi connectivity index (χ2v) is 9.11. The Balaban J connectivity index is 1.29. The van der Waals surface area contributed by atoms with Crippen LogP contribution in [0.3, 0.4) is 0 Å². The van der Waals surface area contributed by atoms with Crippen LogP contribution >= 0.6 is 0 Å². The lowest BCUT2D eigenvalue weighted by molar-refractivity contribution is 0.268. The Bertz CT molecular complexity index is 1120. The number of piperazine rings is 1. The first-order valence-corrected chi connectivity index (χ1v) is 11.8. The Hall–Kier alpha value is -3.62. The van der Waals surface area contributed by atoms with E-state index >= 15 is 0 Å². The molecule has 1 saturated heterocycles. The highest BCUT2D eigenvalue weighted by Gasteiger charge is 2.18. The molecule has 0 unspecified atom stereocenters. The molecule has 3 heterocycles. The summed E-state index contributed by atoms with van der Waals surface area (Å²) < 4.78 is 5.92. The molecule has 3 aromatic rings. The van der Waals surface area contributed by atoms with Gasteiger partial charge in [-0.05, 0) is 23.6 Å². The first kappa shape index (κ1) is 23.5. The molecule has 1 aliphatic heterocycles. The quantitative estimate of drug-likeness (QED) is 0.406. The van der Waals surface area contributed by atoms with Gasteiger partial charge in [0.25, 0.3) is 0 Å². The SMILES string of the molecule is CC(C)c1cccc(-c2cnc(CN/C(N)=N\N3CCN(c4ccnc(C(C)C)n4)CC3)o2)c1. The molecule has 34 heavy (non-hydrogen) atoms. The van der Waals surface area contributed by atoms with Gasteiger partial charge in [-0.1, -0.05) is 45.9 Å². The van der Waals surface area contributed by atoms with Gasteiger partial charge in [0.05, 0.1) is 25.8 Å². The Morgan fingerprint density at radius 3 is 2.62 bits per heavy atom. The zero-order chi connectivity index (χ0) is 24.1. The molecule has 0 amide bonds. The number of hydrogen-bond acceptors (Lipinski definition) is 7. The summed E-state index contributed by atoms with van der Waals surface area (Å²) in [7, 11) is 0. The van der Waals surface area contributed by atoms with Gasteiger partial charge in [0, 0.05) is 30.8 Å². The molecule has 9 heteroatoms. The van der Waals surface area contributed by atoms with E-state index in [1.54, 1.807) is 6.20 Å². The Labute approximate surface area is 201 Å². The van der Waals surface area contributed by atoms with Crippen LogP contribution in [-0.2, 0) is 6.54 Å². The molecule has 1 aromatic carbocycles. The summed E-state index contributed by atoms with van der Waals surface area (Å²) in [6.07, 6.45) is 3.58. The first-order chi connectivity index (χ1) is 16.4. The molecule has 9 nitrogen and oxygen atoms in total. The maximum atomic E-state index is 6.12. The number of aromatic nitrogens is 3. The fourth-order valence-electron chi connectivity index (χ4n) is 3.77. The highest BCUT2D eigenvalue weighted by molar-refractivity contribution is 5.77. The molecule has 0 saturated carbocycles. The predicted molar refractivity (Wildman–Crippen MR) is 134 cm³/mol. The second kappa shape index (κ2) is 10.5. The van der Waals surface area contributed by atoms with Gasteiger partial charge in [0.2, 0.25) is 11.9 Å². The van der Waals surface area contributed by atoms with E-state index in [-0.39, 0.29) is 0 Å². The molecule has 0 radical (unpaired) electrons. The molecule has 180 valence electrons. The molecule has 1 fully saturated rings. The van der Waals surface area contributed by atoms with Gasteiger partial charge in [0.1, 0.15) is 11.6 Å². The lowest BCUT2D eigenvalue weighted by Crippen LogP contribution is -2.46. The molecule has 4 rings (SSSR count). The van der Waals surface area contributed by atoms with E-state index in [1.807, 2.05) is 29.4 Å². The van der Waals surface area contributed by atoms with Crippen LogP contribution in [0.15, 0.2) is 52.2 Å². The van der Waals surface area contributed by atoms with Crippen LogP contribution < -0.4 is 16.0 Å². The van der Waals surface area contributed by atoms with E-state index in [4.69, 9.17) is 10.2 Å². The molecule has 0 bridgehead atoms. The van der Waals surface area contributed by atoms with Crippen LogP contribution in [-0.4, -0.2) is 52.1 Å². The zero-order valence-corrected chi connectivity index (χ0v) is 20.4. The number of nitrogens with zero attached hydrogens (tertiary/aromatic N) is 6. The van der Waals surface area contributed by atoms with Crippen molar-refractivity contribution in [1.29, 1.82) is 0 Å². The average Bonchev–Trinajstić information content (AvgIpc) is 3.32. The lowest BCUT2D eigenvalue weighted by Gasteiger charge is -2.34. The van der Waals surface area contributed by atoms with E-state index in [0.29, 0.717) is 30.2 Å². The number of nitrogens with two attached hydrogens (primary N) is 1. The van der Waals surface area contributed by atoms with E-state index in [1.165, 1.54) is 5.56 Å². The molecule has 0 spiro atoms. The van der Waals surface area contributed by atoms with Crippen molar-refractivity contribution in [2.75, 3.05) is 31.1 Å². The third-order valence-corrected chi connectivity index (χ3v) is 5.82. The maximum absolute atomic E-state index is 6.12. The van der Waals surface area contributed by atoms with Crippen molar-refractivity contribution in [2.24, 2.45) is 10.8 Å². The van der Waals surface area contributed by atoms with Crippen molar-refractivity contribution in [3.8, 4) is 11.3 Å². The van der Waals surface area contributed by atoms with E-state index < -0.39 is 0 Å². The van der Waals surface area contributed by atoms with Crippen molar-refractivity contribution < 1.29 is 4.42 Å². The monoisotopic (exact) mass is 462 g/mol. The van der Waals surface area contributed by atoms with Gasteiger partial charge in [-0.3, -0.25) is 5.01 Å². The minimum Gasteiger partial charge on any atom is -0.439 e. The van der Waals surface area contributed by atoms with Crippen LogP contribution in [0.1, 0.15) is 56.8 Å². The Kier molecular flexibility index (Phi) is 7.30.